The van der Waals surface area contributed by atoms with Crippen molar-refractivity contribution in [2.75, 3.05) is 6.61 Å². The Hall–Kier alpha value is -3.00. The van der Waals surface area contributed by atoms with Gasteiger partial charge in [0.05, 0.1) is 17.2 Å². The van der Waals surface area contributed by atoms with Crippen molar-refractivity contribution in [3.8, 4) is 17.2 Å². The summed E-state index contributed by atoms with van der Waals surface area (Å²) >= 11 is 1.00. The van der Waals surface area contributed by atoms with E-state index in [0.717, 1.165) is 17.3 Å². The third kappa shape index (κ3) is 4.25. The van der Waals surface area contributed by atoms with Crippen molar-refractivity contribution in [2.24, 2.45) is 0 Å². The van der Waals surface area contributed by atoms with Crippen molar-refractivity contribution in [2.45, 2.75) is 44.5 Å². The van der Waals surface area contributed by atoms with E-state index in [4.69, 9.17) is 9.47 Å². The molecule has 2 aromatic rings. The SMILES string of the molecule is Cc1cc2c(c(C)c1O)C(=O)CC(C)(COc1ccc(CC3SC(=O)NC3=O)cc1)O2. The molecule has 162 valence electrons. The standard InChI is InChI=1S/C23H23NO6S/c1-12-8-17-19(13(2)20(12)26)16(25)10-23(3,30-17)11-29-15-6-4-14(5-7-15)9-18-21(27)24-22(28)31-18/h4-8,18,26H,9-11H2,1-3H3,(H,24,27,28). The minimum absolute atomic E-state index is 0.0858. The van der Waals surface area contributed by atoms with Gasteiger partial charge in [-0.1, -0.05) is 23.9 Å². The number of rotatable bonds is 5. The first-order valence-electron chi connectivity index (χ1n) is 9.94. The average Bonchev–Trinajstić information content (AvgIpc) is 3.02. The number of carbonyl (C=O) groups excluding carboxylic acids is 3. The third-order valence-electron chi connectivity index (χ3n) is 5.52. The van der Waals surface area contributed by atoms with Crippen LogP contribution in [0.1, 0.15) is 40.4 Å². The molecule has 8 heteroatoms. The fraction of sp³-hybridized carbons (Fsp3) is 0.348. The van der Waals surface area contributed by atoms with E-state index in [1.807, 2.05) is 19.1 Å². The minimum Gasteiger partial charge on any atom is -0.507 e. The Labute approximate surface area is 184 Å². The summed E-state index contributed by atoms with van der Waals surface area (Å²) in [5, 5.41) is 11.7. The van der Waals surface area contributed by atoms with Gasteiger partial charge in [-0.3, -0.25) is 19.7 Å². The molecule has 0 saturated carbocycles. The Bertz CT molecular complexity index is 1080. The van der Waals surface area contributed by atoms with Crippen molar-refractivity contribution < 1.29 is 29.0 Å². The number of aromatic hydroxyl groups is 1. The van der Waals surface area contributed by atoms with E-state index in [1.165, 1.54) is 0 Å². The molecule has 2 unspecified atom stereocenters. The zero-order valence-corrected chi connectivity index (χ0v) is 18.3. The molecule has 2 amide bonds. The van der Waals surface area contributed by atoms with Crippen LogP contribution in [0.3, 0.4) is 0 Å². The molecule has 2 aliphatic rings. The second-order valence-electron chi connectivity index (χ2n) is 8.21. The number of nitrogens with one attached hydrogen (secondary N) is 1. The van der Waals surface area contributed by atoms with Crippen molar-refractivity contribution in [1.29, 1.82) is 0 Å². The number of phenols is 1. The molecule has 1 saturated heterocycles. The number of phenolic OH excluding ortho intramolecular Hbond substituents is 1. The van der Waals surface area contributed by atoms with Crippen LogP contribution in [0.15, 0.2) is 30.3 Å². The molecule has 2 atom stereocenters. The highest BCUT2D eigenvalue weighted by Crippen LogP contribution is 2.40. The van der Waals surface area contributed by atoms with Crippen molar-refractivity contribution in [3.63, 3.8) is 0 Å². The second-order valence-corrected chi connectivity index (χ2v) is 9.39. The van der Waals surface area contributed by atoms with Crippen LogP contribution in [-0.2, 0) is 11.2 Å². The van der Waals surface area contributed by atoms with Crippen molar-refractivity contribution in [3.05, 3.63) is 52.6 Å². The predicted octanol–water partition coefficient (Wildman–Crippen LogP) is 3.71. The fourth-order valence-corrected chi connectivity index (χ4v) is 4.73. The third-order valence-corrected chi connectivity index (χ3v) is 6.50. The van der Waals surface area contributed by atoms with Gasteiger partial charge in [-0.05, 0) is 56.5 Å². The van der Waals surface area contributed by atoms with Crippen LogP contribution in [0, 0.1) is 13.8 Å². The highest BCUT2D eigenvalue weighted by atomic mass is 32.2. The first kappa shape index (κ1) is 21.2. The van der Waals surface area contributed by atoms with Gasteiger partial charge >= 0.3 is 0 Å². The zero-order chi connectivity index (χ0) is 22.3. The number of hydrogen-bond donors (Lipinski definition) is 2. The van der Waals surface area contributed by atoms with Gasteiger partial charge in [-0.15, -0.1) is 0 Å². The molecule has 2 heterocycles. The lowest BCUT2D eigenvalue weighted by Crippen LogP contribution is -2.44. The van der Waals surface area contributed by atoms with E-state index in [1.54, 1.807) is 32.0 Å². The number of fused-ring (bicyclic) bond motifs is 1. The molecular weight excluding hydrogens is 418 g/mol. The Kier molecular flexibility index (Phi) is 5.43. The summed E-state index contributed by atoms with van der Waals surface area (Å²) in [6.07, 6.45) is 0.601. The maximum absolute atomic E-state index is 12.8. The summed E-state index contributed by atoms with van der Waals surface area (Å²) in [5.74, 6) is 0.851. The molecule has 0 aliphatic carbocycles. The van der Waals surface area contributed by atoms with Crippen LogP contribution in [0.4, 0.5) is 4.79 Å². The van der Waals surface area contributed by atoms with Crippen LogP contribution >= 0.6 is 11.8 Å². The van der Waals surface area contributed by atoms with Gasteiger partial charge < -0.3 is 14.6 Å². The van der Waals surface area contributed by atoms with Crippen LogP contribution in [0.2, 0.25) is 0 Å². The first-order chi connectivity index (χ1) is 14.6. The molecule has 0 bridgehead atoms. The largest absolute Gasteiger partial charge is 0.507 e. The number of amides is 2. The number of ketones is 1. The summed E-state index contributed by atoms with van der Waals surface area (Å²) in [7, 11) is 0. The Morgan fingerprint density at radius 1 is 1.23 bits per heavy atom. The van der Waals surface area contributed by atoms with E-state index in [9.17, 15) is 19.5 Å². The summed E-state index contributed by atoms with van der Waals surface area (Å²) in [5.41, 5.74) is 1.70. The topological polar surface area (TPSA) is 102 Å². The van der Waals surface area contributed by atoms with Gasteiger partial charge in [0.2, 0.25) is 5.91 Å². The van der Waals surface area contributed by atoms with Gasteiger partial charge in [0.1, 0.15) is 29.5 Å². The van der Waals surface area contributed by atoms with E-state index >= 15 is 0 Å². The van der Waals surface area contributed by atoms with Crippen LogP contribution in [-0.4, -0.2) is 39.5 Å². The number of benzene rings is 2. The quantitative estimate of drug-likeness (QED) is 0.729. The lowest BCUT2D eigenvalue weighted by molar-refractivity contribution is -0.118. The second kappa shape index (κ2) is 7.92. The van der Waals surface area contributed by atoms with Crippen LogP contribution in [0.25, 0.3) is 0 Å². The molecule has 0 radical (unpaired) electrons. The highest BCUT2D eigenvalue weighted by molar-refractivity contribution is 8.15. The monoisotopic (exact) mass is 441 g/mol. The van der Waals surface area contributed by atoms with Crippen molar-refractivity contribution in [1.82, 2.24) is 5.32 Å². The van der Waals surface area contributed by atoms with Gasteiger partial charge in [0, 0.05) is 5.56 Å². The maximum atomic E-state index is 12.8. The normalized spacial score (nSPS) is 22.7. The van der Waals surface area contributed by atoms with Gasteiger partial charge in [0.25, 0.3) is 5.24 Å². The fourth-order valence-electron chi connectivity index (χ4n) is 3.87. The van der Waals surface area contributed by atoms with E-state index < -0.39 is 10.9 Å². The average molecular weight is 442 g/mol. The molecule has 0 spiro atoms. The number of imide groups is 1. The van der Waals surface area contributed by atoms with E-state index in [-0.39, 0.29) is 35.7 Å². The number of Topliss-reactive ketones (excluding diaryl/α,β-unsaturated/α-hetero) is 1. The molecule has 4 rings (SSSR count). The molecule has 31 heavy (non-hydrogen) atoms. The summed E-state index contributed by atoms with van der Waals surface area (Å²) in [6, 6.07) is 8.98. The number of aryl methyl sites for hydroxylation is 1. The van der Waals surface area contributed by atoms with Gasteiger partial charge in [-0.25, -0.2) is 0 Å². The minimum atomic E-state index is -0.836. The summed E-state index contributed by atoms with van der Waals surface area (Å²) in [6.45, 7) is 5.48. The van der Waals surface area contributed by atoms with Crippen molar-refractivity contribution >= 4 is 28.7 Å². The van der Waals surface area contributed by atoms with Gasteiger partial charge in [-0.2, -0.15) is 0 Å². The number of carbonyl (C=O) groups is 3. The lowest BCUT2D eigenvalue weighted by atomic mass is 9.88. The molecule has 2 N–H and O–H groups in total. The Morgan fingerprint density at radius 3 is 2.58 bits per heavy atom. The Morgan fingerprint density at radius 2 is 1.94 bits per heavy atom. The van der Waals surface area contributed by atoms with Crippen LogP contribution in [0.5, 0.6) is 17.2 Å². The molecular formula is C23H23NO6S. The molecule has 2 aliphatic heterocycles. The van der Waals surface area contributed by atoms with Crippen LogP contribution < -0.4 is 14.8 Å². The first-order valence-corrected chi connectivity index (χ1v) is 10.8. The zero-order valence-electron chi connectivity index (χ0n) is 17.5. The van der Waals surface area contributed by atoms with E-state index in [2.05, 4.69) is 5.32 Å². The van der Waals surface area contributed by atoms with Gasteiger partial charge in [0.15, 0.2) is 5.78 Å². The Balaban J connectivity index is 1.42. The number of ether oxygens (including phenoxy) is 2. The van der Waals surface area contributed by atoms with E-state index in [0.29, 0.717) is 34.6 Å². The smallest absolute Gasteiger partial charge is 0.286 e. The molecule has 2 aromatic carbocycles. The summed E-state index contributed by atoms with van der Waals surface area (Å²) < 4.78 is 12.0. The highest BCUT2D eigenvalue weighted by Gasteiger charge is 2.39. The molecule has 7 nitrogen and oxygen atoms in total. The summed E-state index contributed by atoms with van der Waals surface area (Å²) in [4.78, 5) is 35.8. The molecule has 1 fully saturated rings. The maximum Gasteiger partial charge on any atom is 0.286 e. The lowest BCUT2D eigenvalue weighted by Gasteiger charge is -2.35. The predicted molar refractivity (Wildman–Crippen MR) is 116 cm³/mol. The number of thioether (sulfide) groups is 1. The molecule has 0 aromatic heterocycles. The number of hydrogen-bond acceptors (Lipinski definition) is 7.